The van der Waals surface area contributed by atoms with Gasteiger partial charge in [-0.2, -0.15) is 10.2 Å². The number of nitrogens with zero attached hydrogens (tertiary/aromatic N) is 6. The van der Waals surface area contributed by atoms with Gasteiger partial charge in [-0.05, 0) is 12.8 Å². The van der Waals surface area contributed by atoms with Crippen molar-refractivity contribution in [2.24, 2.45) is 5.41 Å². The van der Waals surface area contributed by atoms with Crippen molar-refractivity contribution in [1.82, 2.24) is 29.4 Å². The standard InChI is InChI=1S/C26H33FN6O3/c1-5-6-22(26(2)12-23(34)31(3)16-26)32-15-17(13-29-32)24-19-7-9-36-10-8-21(19)33(30-24)18-11-20(27)25(35-4)28-14-18/h11,13-15,22H,5-10,12,16H2,1-4H3. The van der Waals surface area contributed by atoms with Gasteiger partial charge in [0.05, 0.1) is 55.8 Å². The van der Waals surface area contributed by atoms with E-state index >= 15 is 0 Å². The highest BCUT2D eigenvalue weighted by Crippen LogP contribution is 2.43. The minimum Gasteiger partial charge on any atom is -0.479 e. The number of hydrogen-bond acceptors (Lipinski definition) is 6. The van der Waals surface area contributed by atoms with Crippen LogP contribution in [0.2, 0.25) is 0 Å². The van der Waals surface area contributed by atoms with E-state index in [1.54, 1.807) is 10.9 Å². The Morgan fingerprint density at radius 3 is 2.78 bits per heavy atom. The number of methoxy groups -OCH3 is 1. The lowest BCUT2D eigenvalue weighted by Gasteiger charge is -2.33. The van der Waals surface area contributed by atoms with Crippen molar-refractivity contribution in [3.8, 4) is 22.8 Å². The van der Waals surface area contributed by atoms with Crippen LogP contribution in [0.1, 0.15) is 50.4 Å². The first kappa shape index (κ1) is 24.4. The number of hydrogen-bond donors (Lipinski definition) is 0. The Balaban J connectivity index is 1.55. The van der Waals surface area contributed by atoms with E-state index in [2.05, 4.69) is 18.8 Å². The monoisotopic (exact) mass is 496 g/mol. The van der Waals surface area contributed by atoms with Crippen LogP contribution >= 0.6 is 0 Å². The summed E-state index contributed by atoms with van der Waals surface area (Å²) in [5.41, 5.74) is 4.13. The summed E-state index contributed by atoms with van der Waals surface area (Å²) in [5, 5.41) is 9.69. The van der Waals surface area contributed by atoms with Crippen molar-refractivity contribution < 1.29 is 18.7 Å². The Morgan fingerprint density at radius 2 is 2.08 bits per heavy atom. The van der Waals surface area contributed by atoms with Gasteiger partial charge in [-0.15, -0.1) is 0 Å². The van der Waals surface area contributed by atoms with E-state index in [1.807, 2.05) is 29.0 Å². The molecule has 2 aliphatic rings. The average molecular weight is 497 g/mol. The van der Waals surface area contributed by atoms with Crippen LogP contribution in [-0.4, -0.2) is 69.3 Å². The third kappa shape index (κ3) is 4.27. The summed E-state index contributed by atoms with van der Waals surface area (Å²) in [6.45, 7) is 6.22. The Kier molecular flexibility index (Phi) is 6.55. The number of rotatable bonds is 7. The Labute approximate surface area is 210 Å². The highest BCUT2D eigenvalue weighted by Gasteiger charge is 2.44. The van der Waals surface area contributed by atoms with Crippen molar-refractivity contribution in [1.29, 1.82) is 0 Å². The largest absolute Gasteiger partial charge is 0.479 e. The quantitative estimate of drug-likeness (QED) is 0.497. The number of ether oxygens (including phenoxy) is 2. The number of fused-ring (bicyclic) bond motifs is 1. The fourth-order valence-electron chi connectivity index (χ4n) is 5.67. The summed E-state index contributed by atoms with van der Waals surface area (Å²) in [4.78, 5) is 18.3. The van der Waals surface area contributed by atoms with Gasteiger partial charge in [0.1, 0.15) is 0 Å². The summed E-state index contributed by atoms with van der Waals surface area (Å²) >= 11 is 0. The third-order valence-electron chi connectivity index (χ3n) is 7.44. The minimum atomic E-state index is -0.537. The summed E-state index contributed by atoms with van der Waals surface area (Å²) in [5.74, 6) is -0.408. The van der Waals surface area contributed by atoms with Gasteiger partial charge in [0.15, 0.2) is 5.82 Å². The van der Waals surface area contributed by atoms with Crippen molar-refractivity contribution in [3.63, 3.8) is 0 Å². The molecule has 10 heteroatoms. The fraction of sp³-hybridized carbons (Fsp3) is 0.538. The van der Waals surface area contributed by atoms with Crippen LogP contribution < -0.4 is 4.74 Å². The van der Waals surface area contributed by atoms with E-state index in [1.165, 1.54) is 13.2 Å². The molecule has 0 spiro atoms. The zero-order chi connectivity index (χ0) is 25.4. The number of likely N-dealkylation sites (tertiary alicyclic amines) is 1. The first-order valence-corrected chi connectivity index (χ1v) is 12.5. The molecule has 1 saturated heterocycles. The molecular formula is C26H33FN6O3. The maximum Gasteiger partial charge on any atom is 0.250 e. The molecule has 2 aliphatic heterocycles. The van der Waals surface area contributed by atoms with Crippen LogP contribution in [0.25, 0.3) is 16.9 Å². The van der Waals surface area contributed by atoms with Crippen LogP contribution in [-0.2, 0) is 22.4 Å². The second kappa shape index (κ2) is 9.65. The summed E-state index contributed by atoms with van der Waals surface area (Å²) in [7, 11) is 3.26. The molecule has 0 aromatic carbocycles. The number of carbonyl (C=O) groups excluding carboxylic acids is 1. The van der Waals surface area contributed by atoms with Gasteiger partial charge in [-0.1, -0.05) is 20.3 Å². The summed E-state index contributed by atoms with van der Waals surface area (Å²) in [6, 6.07) is 1.48. The van der Waals surface area contributed by atoms with Gasteiger partial charge >= 0.3 is 0 Å². The highest BCUT2D eigenvalue weighted by atomic mass is 19.1. The lowest BCUT2D eigenvalue weighted by atomic mass is 9.79. The molecule has 5 rings (SSSR count). The van der Waals surface area contributed by atoms with Crippen LogP contribution in [0, 0.1) is 11.2 Å². The van der Waals surface area contributed by atoms with E-state index in [9.17, 15) is 9.18 Å². The first-order valence-electron chi connectivity index (χ1n) is 12.5. The average Bonchev–Trinajstić information content (AvgIpc) is 3.48. The Bertz CT molecular complexity index is 1270. The molecule has 36 heavy (non-hydrogen) atoms. The van der Waals surface area contributed by atoms with Crippen LogP contribution in [0.3, 0.4) is 0 Å². The van der Waals surface area contributed by atoms with Crippen molar-refractivity contribution in [2.45, 2.75) is 52.0 Å². The predicted molar refractivity (Wildman–Crippen MR) is 132 cm³/mol. The van der Waals surface area contributed by atoms with Gasteiger partial charge < -0.3 is 14.4 Å². The maximum absolute atomic E-state index is 14.5. The number of pyridine rings is 1. The number of amides is 1. The molecule has 0 saturated carbocycles. The molecule has 3 aromatic rings. The second-order valence-corrected chi connectivity index (χ2v) is 10.1. The number of aromatic nitrogens is 5. The minimum absolute atomic E-state index is 0.0478. The lowest BCUT2D eigenvalue weighted by Crippen LogP contribution is -2.33. The van der Waals surface area contributed by atoms with Gasteiger partial charge in [0.25, 0.3) is 0 Å². The normalized spacial score (nSPS) is 20.9. The predicted octanol–water partition coefficient (Wildman–Crippen LogP) is 3.60. The van der Waals surface area contributed by atoms with Crippen molar-refractivity contribution >= 4 is 5.91 Å². The molecule has 9 nitrogen and oxygen atoms in total. The highest BCUT2D eigenvalue weighted by molar-refractivity contribution is 5.79. The molecule has 0 N–H and O–H groups in total. The summed E-state index contributed by atoms with van der Waals surface area (Å²) in [6.07, 6.45) is 9.26. The van der Waals surface area contributed by atoms with Crippen LogP contribution in [0.15, 0.2) is 24.7 Å². The first-order chi connectivity index (χ1) is 17.3. The van der Waals surface area contributed by atoms with E-state index < -0.39 is 5.82 Å². The molecule has 0 radical (unpaired) electrons. The summed E-state index contributed by atoms with van der Waals surface area (Å²) < 4.78 is 29.0. The van der Waals surface area contributed by atoms with E-state index in [-0.39, 0.29) is 23.2 Å². The molecule has 1 fully saturated rings. The molecule has 2 atom stereocenters. The Morgan fingerprint density at radius 1 is 1.28 bits per heavy atom. The van der Waals surface area contributed by atoms with Gasteiger partial charge in [0, 0.05) is 55.2 Å². The van der Waals surface area contributed by atoms with E-state index in [0.717, 1.165) is 35.4 Å². The zero-order valence-corrected chi connectivity index (χ0v) is 21.3. The van der Waals surface area contributed by atoms with Gasteiger partial charge in [0.2, 0.25) is 11.8 Å². The fourth-order valence-corrected chi connectivity index (χ4v) is 5.67. The van der Waals surface area contributed by atoms with E-state index in [0.29, 0.717) is 44.7 Å². The molecule has 1 amide bonds. The molecule has 0 aliphatic carbocycles. The molecular weight excluding hydrogens is 463 g/mol. The molecule has 3 aromatic heterocycles. The van der Waals surface area contributed by atoms with Crippen molar-refractivity contribution in [3.05, 3.63) is 41.7 Å². The smallest absolute Gasteiger partial charge is 0.250 e. The number of carbonyl (C=O) groups is 1. The lowest BCUT2D eigenvalue weighted by molar-refractivity contribution is -0.126. The van der Waals surface area contributed by atoms with Gasteiger partial charge in [-0.3, -0.25) is 9.48 Å². The van der Waals surface area contributed by atoms with Crippen molar-refractivity contribution in [2.75, 3.05) is 33.9 Å². The molecule has 5 heterocycles. The second-order valence-electron chi connectivity index (χ2n) is 10.1. The van der Waals surface area contributed by atoms with Gasteiger partial charge in [-0.25, -0.2) is 14.1 Å². The molecule has 0 bridgehead atoms. The maximum atomic E-state index is 14.5. The molecule has 2 unspecified atom stereocenters. The SMILES string of the molecule is CCCC(n1cc(-c2nn(-c3cnc(OC)c(F)c3)c3c2CCOCC3)cn1)C1(C)CC(=O)N(C)C1. The Hall–Kier alpha value is -3.27. The van der Waals surface area contributed by atoms with Crippen LogP contribution in [0.5, 0.6) is 5.88 Å². The van der Waals surface area contributed by atoms with Crippen LogP contribution in [0.4, 0.5) is 4.39 Å². The topological polar surface area (TPSA) is 87.3 Å². The molecule has 192 valence electrons. The third-order valence-corrected chi connectivity index (χ3v) is 7.44. The number of halogens is 1. The van der Waals surface area contributed by atoms with E-state index in [4.69, 9.17) is 19.7 Å². The zero-order valence-electron chi connectivity index (χ0n) is 21.3.